The van der Waals surface area contributed by atoms with Gasteiger partial charge >= 0.3 is 11.8 Å². The minimum atomic E-state index is -0.951. The summed E-state index contributed by atoms with van der Waals surface area (Å²) >= 11 is 5.95. The Labute approximate surface area is 188 Å². The third kappa shape index (κ3) is 6.29. The maximum atomic E-state index is 13.0. The van der Waals surface area contributed by atoms with Gasteiger partial charge in [-0.25, -0.2) is 9.82 Å². The fourth-order valence-corrected chi connectivity index (χ4v) is 2.77. The number of hydrazone groups is 1. The molecule has 0 unspecified atom stereocenters. The molecule has 0 aliphatic heterocycles. The summed E-state index contributed by atoms with van der Waals surface area (Å²) in [7, 11) is 1.49. The summed E-state index contributed by atoms with van der Waals surface area (Å²) in [5.74, 6) is -1.25. The molecule has 0 spiro atoms. The lowest BCUT2D eigenvalue weighted by Gasteiger charge is -2.11. The number of methoxy groups -OCH3 is 1. The van der Waals surface area contributed by atoms with E-state index in [4.69, 9.17) is 21.1 Å². The monoisotopic (exact) mass is 455 g/mol. The average Bonchev–Trinajstić information content (AvgIpc) is 2.80. The molecule has 0 saturated heterocycles. The summed E-state index contributed by atoms with van der Waals surface area (Å²) in [5, 5.41) is 6.50. The van der Waals surface area contributed by atoms with Crippen molar-refractivity contribution in [2.24, 2.45) is 5.10 Å². The second-order valence-corrected chi connectivity index (χ2v) is 6.87. The number of benzene rings is 3. The highest BCUT2D eigenvalue weighted by Gasteiger charge is 2.14. The Bertz CT molecular complexity index is 1140. The molecule has 3 rings (SSSR count). The molecule has 0 radical (unpaired) electrons. The van der Waals surface area contributed by atoms with Gasteiger partial charge in [-0.05, 0) is 53.6 Å². The molecule has 2 N–H and O–H groups in total. The molecule has 0 bridgehead atoms. The normalized spacial score (nSPS) is 10.6. The van der Waals surface area contributed by atoms with E-state index in [1.807, 2.05) is 0 Å². The van der Waals surface area contributed by atoms with Gasteiger partial charge in [0.1, 0.15) is 12.4 Å². The Kier molecular flexibility index (Phi) is 7.77. The highest BCUT2D eigenvalue weighted by molar-refractivity contribution is 6.41. The van der Waals surface area contributed by atoms with Crippen molar-refractivity contribution in [2.45, 2.75) is 6.61 Å². The molecule has 0 saturated carbocycles. The number of hydrogen-bond donors (Lipinski definition) is 2. The van der Waals surface area contributed by atoms with E-state index in [2.05, 4.69) is 15.8 Å². The van der Waals surface area contributed by atoms with Crippen LogP contribution in [-0.4, -0.2) is 25.1 Å². The summed E-state index contributed by atoms with van der Waals surface area (Å²) in [6.45, 7) is 0.237. The van der Waals surface area contributed by atoms with Gasteiger partial charge < -0.3 is 14.8 Å². The number of nitrogens with zero attached hydrogens (tertiary/aromatic N) is 1. The molecule has 7 nitrogen and oxygen atoms in total. The molecule has 2 amide bonds. The van der Waals surface area contributed by atoms with Crippen LogP contribution in [0, 0.1) is 5.82 Å². The molecular weight excluding hydrogens is 437 g/mol. The van der Waals surface area contributed by atoms with Crippen molar-refractivity contribution in [1.29, 1.82) is 0 Å². The van der Waals surface area contributed by atoms with E-state index in [0.29, 0.717) is 27.8 Å². The van der Waals surface area contributed by atoms with Gasteiger partial charge in [-0.3, -0.25) is 9.59 Å². The van der Waals surface area contributed by atoms with Crippen LogP contribution >= 0.6 is 11.6 Å². The zero-order chi connectivity index (χ0) is 22.9. The average molecular weight is 456 g/mol. The van der Waals surface area contributed by atoms with Crippen LogP contribution < -0.4 is 20.2 Å². The van der Waals surface area contributed by atoms with Crippen LogP contribution in [0.3, 0.4) is 0 Å². The summed E-state index contributed by atoms with van der Waals surface area (Å²) in [4.78, 5) is 23.9. The first-order chi connectivity index (χ1) is 15.5. The minimum Gasteiger partial charge on any atom is -0.493 e. The van der Waals surface area contributed by atoms with Crippen molar-refractivity contribution >= 4 is 35.3 Å². The smallest absolute Gasteiger partial charge is 0.329 e. The predicted molar refractivity (Wildman–Crippen MR) is 120 cm³/mol. The largest absolute Gasteiger partial charge is 0.493 e. The van der Waals surface area contributed by atoms with Gasteiger partial charge in [0, 0.05) is 0 Å². The van der Waals surface area contributed by atoms with Crippen LogP contribution in [0.25, 0.3) is 0 Å². The first-order valence-corrected chi connectivity index (χ1v) is 9.78. The first-order valence-electron chi connectivity index (χ1n) is 9.40. The molecule has 0 heterocycles. The summed E-state index contributed by atoms with van der Waals surface area (Å²) in [6.07, 6.45) is 1.35. The molecule has 0 aliphatic carbocycles. The lowest BCUT2D eigenvalue weighted by Crippen LogP contribution is -2.32. The molecule has 0 aromatic heterocycles. The number of rotatable bonds is 7. The predicted octanol–water partition coefficient (Wildman–Crippen LogP) is 4.16. The highest BCUT2D eigenvalue weighted by atomic mass is 35.5. The fraction of sp³-hybridized carbons (Fsp3) is 0.0870. The zero-order valence-corrected chi connectivity index (χ0v) is 17.7. The maximum absolute atomic E-state index is 13.0. The number of ether oxygens (including phenoxy) is 2. The summed E-state index contributed by atoms with van der Waals surface area (Å²) < 4.78 is 24.0. The zero-order valence-electron chi connectivity index (χ0n) is 17.0. The molecular formula is C23H19ClFN3O4. The van der Waals surface area contributed by atoms with Gasteiger partial charge in [0.15, 0.2) is 11.5 Å². The van der Waals surface area contributed by atoms with E-state index in [1.54, 1.807) is 54.6 Å². The summed E-state index contributed by atoms with van der Waals surface area (Å²) in [6, 6.07) is 17.6. The number of para-hydroxylation sites is 1. The highest BCUT2D eigenvalue weighted by Crippen LogP contribution is 2.28. The Morgan fingerprint density at radius 3 is 2.50 bits per heavy atom. The van der Waals surface area contributed by atoms with E-state index in [-0.39, 0.29) is 12.4 Å². The molecule has 0 atom stereocenters. The van der Waals surface area contributed by atoms with Crippen molar-refractivity contribution < 1.29 is 23.5 Å². The topological polar surface area (TPSA) is 89.0 Å². The SMILES string of the molecule is COc1cc(/C=N\NC(=O)C(=O)Nc2ccccc2Cl)ccc1OCc1ccc(F)cc1. The Hall–Kier alpha value is -3.91. The Morgan fingerprint density at radius 1 is 1.03 bits per heavy atom. The molecule has 164 valence electrons. The molecule has 0 aliphatic rings. The number of nitrogens with one attached hydrogen (secondary N) is 2. The van der Waals surface area contributed by atoms with Crippen LogP contribution in [0.15, 0.2) is 71.8 Å². The fourth-order valence-electron chi connectivity index (χ4n) is 2.58. The van der Waals surface area contributed by atoms with Crippen molar-refractivity contribution in [3.8, 4) is 11.5 Å². The van der Waals surface area contributed by atoms with Gasteiger partial charge in [-0.2, -0.15) is 5.10 Å². The van der Waals surface area contributed by atoms with Crippen molar-refractivity contribution in [2.75, 3.05) is 12.4 Å². The van der Waals surface area contributed by atoms with Crippen LogP contribution in [0.2, 0.25) is 5.02 Å². The van der Waals surface area contributed by atoms with Crippen LogP contribution in [0.5, 0.6) is 11.5 Å². The van der Waals surface area contributed by atoms with Gasteiger partial charge in [-0.1, -0.05) is 35.9 Å². The standard InChI is InChI=1S/C23H19ClFN3O4/c1-31-21-12-16(8-11-20(21)32-14-15-6-9-17(25)10-7-15)13-26-28-23(30)22(29)27-19-5-3-2-4-18(19)24/h2-13H,14H2,1H3,(H,27,29)(H,28,30)/b26-13-. The van der Waals surface area contributed by atoms with Gasteiger partial charge in [0.25, 0.3) is 0 Å². The number of hydrogen-bond acceptors (Lipinski definition) is 5. The Balaban J connectivity index is 1.57. The van der Waals surface area contributed by atoms with Crippen molar-refractivity contribution in [1.82, 2.24) is 5.43 Å². The number of carbonyl (C=O) groups is 2. The minimum absolute atomic E-state index is 0.237. The number of carbonyl (C=O) groups excluding carboxylic acids is 2. The van der Waals surface area contributed by atoms with E-state index in [9.17, 15) is 14.0 Å². The number of amides is 2. The molecule has 9 heteroatoms. The second kappa shape index (κ2) is 10.9. The lowest BCUT2D eigenvalue weighted by atomic mass is 10.2. The number of halogens is 2. The van der Waals surface area contributed by atoms with E-state index in [1.165, 1.54) is 25.5 Å². The lowest BCUT2D eigenvalue weighted by molar-refractivity contribution is -0.136. The third-order valence-corrected chi connectivity index (χ3v) is 4.53. The number of anilines is 1. The van der Waals surface area contributed by atoms with Crippen molar-refractivity contribution in [3.05, 3.63) is 88.7 Å². The van der Waals surface area contributed by atoms with Crippen LogP contribution in [0.4, 0.5) is 10.1 Å². The van der Waals surface area contributed by atoms with Gasteiger partial charge in [0.05, 0.1) is 24.0 Å². The summed E-state index contributed by atoms with van der Waals surface area (Å²) in [5.41, 5.74) is 3.87. The van der Waals surface area contributed by atoms with E-state index in [0.717, 1.165) is 5.56 Å². The molecule has 0 fully saturated rings. The molecule has 3 aromatic rings. The van der Waals surface area contributed by atoms with E-state index < -0.39 is 11.8 Å². The molecule has 32 heavy (non-hydrogen) atoms. The van der Waals surface area contributed by atoms with Crippen LogP contribution in [0.1, 0.15) is 11.1 Å². The first kappa shape index (κ1) is 22.8. The van der Waals surface area contributed by atoms with Gasteiger partial charge in [-0.15, -0.1) is 0 Å². The quantitative estimate of drug-likeness (QED) is 0.318. The second-order valence-electron chi connectivity index (χ2n) is 6.46. The maximum Gasteiger partial charge on any atom is 0.329 e. The van der Waals surface area contributed by atoms with Crippen LogP contribution in [-0.2, 0) is 16.2 Å². The third-order valence-electron chi connectivity index (χ3n) is 4.20. The Morgan fingerprint density at radius 2 is 1.78 bits per heavy atom. The molecule has 3 aromatic carbocycles. The van der Waals surface area contributed by atoms with E-state index >= 15 is 0 Å². The van der Waals surface area contributed by atoms with Crippen molar-refractivity contribution in [3.63, 3.8) is 0 Å². The van der Waals surface area contributed by atoms with Gasteiger partial charge in [0.2, 0.25) is 0 Å².